The standard InChI is InChI=1S/C23H23N3O2S/c27-29(28,21-7-5-18(6-8-21)20-15-24-17-25-16-20)26-13-11-23(12-14-26)10-9-19-3-1-2-4-22(19)23/h1-8,15-17H,9-14H2. The Morgan fingerprint density at radius 1 is 0.828 bits per heavy atom. The van der Waals surface area contributed by atoms with E-state index in [1.54, 1.807) is 28.8 Å². The van der Waals surface area contributed by atoms with Crippen LogP contribution in [0.4, 0.5) is 0 Å². The van der Waals surface area contributed by atoms with Gasteiger partial charge in [0.1, 0.15) is 6.33 Å². The Kier molecular flexibility index (Phi) is 4.48. The van der Waals surface area contributed by atoms with E-state index in [2.05, 4.69) is 34.2 Å². The van der Waals surface area contributed by atoms with Gasteiger partial charge in [-0.15, -0.1) is 0 Å². The van der Waals surface area contributed by atoms with Crippen molar-refractivity contribution < 1.29 is 8.42 Å². The summed E-state index contributed by atoms with van der Waals surface area (Å²) in [6, 6.07) is 15.7. The Hall–Kier alpha value is -2.57. The van der Waals surface area contributed by atoms with Gasteiger partial charge in [0, 0.05) is 31.0 Å². The lowest BCUT2D eigenvalue weighted by Crippen LogP contribution is -2.44. The van der Waals surface area contributed by atoms with Crippen LogP contribution in [0.2, 0.25) is 0 Å². The molecule has 1 aliphatic heterocycles. The molecule has 1 aliphatic carbocycles. The monoisotopic (exact) mass is 405 g/mol. The van der Waals surface area contributed by atoms with E-state index in [0.717, 1.165) is 36.8 Å². The van der Waals surface area contributed by atoms with Gasteiger partial charge in [-0.3, -0.25) is 0 Å². The van der Waals surface area contributed by atoms with Crippen LogP contribution in [0.15, 0.2) is 72.1 Å². The van der Waals surface area contributed by atoms with Crippen molar-refractivity contribution in [2.24, 2.45) is 0 Å². The summed E-state index contributed by atoms with van der Waals surface area (Å²) >= 11 is 0. The predicted molar refractivity (Wildman–Crippen MR) is 112 cm³/mol. The normalized spacial score (nSPS) is 18.6. The lowest BCUT2D eigenvalue weighted by molar-refractivity contribution is 0.232. The molecule has 148 valence electrons. The summed E-state index contributed by atoms with van der Waals surface area (Å²) in [6.07, 6.45) is 8.95. The fraction of sp³-hybridized carbons (Fsp3) is 0.304. The van der Waals surface area contributed by atoms with Crippen molar-refractivity contribution in [2.45, 2.75) is 36.0 Å². The molecule has 0 radical (unpaired) electrons. The molecular weight excluding hydrogens is 382 g/mol. The SMILES string of the molecule is O=S(=O)(c1ccc(-c2cncnc2)cc1)N1CCC2(CCc3ccccc32)CC1. The van der Waals surface area contributed by atoms with Crippen molar-refractivity contribution >= 4 is 10.0 Å². The van der Waals surface area contributed by atoms with E-state index in [9.17, 15) is 8.42 Å². The van der Waals surface area contributed by atoms with Crippen molar-refractivity contribution in [3.63, 3.8) is 0 Å². The van der Waals surface area contributed by atoms with Crippen LogP contribution in [-0.2, 0) is 21.9 Å². The van der Waals surface area contributed by atoms with Gasteiger partial charge in [-0.1, -0.05) is 36.4 Å². The van der Waals surface area contributed by atoms with Gasteiger partial charge >= 0.3 is 0 Å². The molecule has 5 nitrogen and oxygen atoms in total. The Morgan fingerprint density at radius 2 is 1.52 bits per heavy atom. The van der Waals surface area contributed by atoms with Gasteiger partial charge in [-0.2, -0.15) is 4.31 Å². The van der Waals surface area contributed by atoms with Gasteiger partial charge in [-0.05, 0) is 59.9 Å². The zero-order valence-electron chi connectivity index (χ0n) is 16.2. The van der Waals surface area contributed by atoms with Gasteiger partial charge < -0.3 is 0 Å². The quantitative estimate of drug-likeness (QED) is 0.665. The van der Waals surface area contributed by atoms with Crippen LogP contribution in [-0.4, -0.2) is 35.8 Å². The molecule has 1 aromatic heterocycles. The molecule has 6 heteroatoms. The first kappa shape index (κ1) is 18.5. The highest BCUT2D eigenvalue weighted by atomic mass is 32.2. The summed E-state index contributed by atoms with van der Waals surface area (Å²) in [6.45, 7) is 1.15. The van der Waals surface area contributed by atoms with Crippen molar-refractivity contribution in [3.8, 4) is 11.1 Å². The van der Waals surface area contributed by atoms with Gasteiger partial charge in [-0.25, -0.2) is 18.4 Å². The highest BCUT2D eigenvalue weighted by Gasteiger charge is 2.43. The Balaban J connectivity index is 1.34. The number of fused-ring (bicyclic) bond motifs is 2. The number of hydrogen-bond acceptors (Lipinski definition) is 4. The van der Waals surface area contributed by atoms with Gasteiger partial charge in [0.25, 0.3) is 0 Å². The summed E-state index contributed by atoms with van der Waals surface area (Å²) in [7, 11) is -3.48. The molecule has 2 aromatic carbocycles. The molecule has 0 N–H and O–H groups in total. The molecule has 3 aromatic rings. The van der Waals surface area contributed by atoms with Crippen LogP contribution >= 0.6 is 0 Å². The zero-order valence-corrected chi connectivity index (χ0v) is 17.0. The minimum absolute atomic E-state index is 0.153. The third-order valence-electron chi connectivity index (χ3n) is 6.53. The maximum Gasteiger partial charge on any atom is 0.243 e. The molecule has 1 spiro atoms. The predicted octanol–water partition coefficient (Wildman–Crippen LogP) is 3.81. The number of benzene rings is 2. The molecule has 0 bridgehead atoms. The third-order valence-corrected chi connectivity index (χ3v) is 8.44. The second-order valence-corrected chi connectivity index (χ2v) is 9.93. The summed E-state index contributed by atoms with van der Waals surface area (Å²) in [5.74, 6) is 0. The highest BCUT2D eigenvalue weighted by Crippen LogP contribution is 2.46. The van der Waals surface area contributed by atoms with E-state index in [-0.39, 0.29) is 5.41 Å². The minimum Gasteiger partial charge on any atom is -0.244 e. The van der Waals surface area contributed by atoms with Gasteiger partial charge in [0.05, 0.1) is 4.90 Å². The molecule has 0 atom stereocenters. The van der Waals surface area contributed by atoms with Crippen molar-refractivity contribution in [2.75, 3.05) is 13.1 Å². The topological polar surface area (TPSA) is 63.2 Å². The molecule has 0 unspecified atom stereocenters. The maximum atomic E-state index is 13.2. The number of piperidine rings is 1. The number of nitrogens with zero attached hydrogens (tertiary/aromatic N) is 3. The Labute approximate surface area is 171 Å². The van der Waals surface area contributed by atoms with Crippen LogP contribution in [0.25, 0.3) is 11.1 Å². The molecule has 2 heterocycles. The Bertz CT molecular complexity index is 1120. The lowest BCUT2D eigenvalue weighted by atomic mass is 9.74. The number of sulfonamides is 1. The van der Waals surface area contributed by atoms with Crippen molar-refractivity contribution in [1.82, 2.24) is 14.3 Å². The molecule has 5 rings (SSSR count). The average molecular weight is 406 g/mol. The van der Waals surface area contributed by atoms with Crippen molar-refractivity contribution in [1.29, 1.82) is 0 Å². The summed E-state index contributed by atoms with van der Waals surface area (Å²) in [4.78, 5) is 8.39. The molecule has 2 aliphatic rings. The van der Waals surface area contributed by atoms with E-state index in [4.69, 9.17) is 0 Å². The van der Waals surface area contributed by atoms with E-state index < -0.39 is 10.0 Å². The van der Waals surface area contributed by atoms with Crippen molar-refractivity contribution in [3.05, 3.63) is 78.4 Å². The fourth-order valence-electron chi connectivity index (χ4n) is 4.85. The van der Waals surface area contributed by atoms with Crippen LogP contribution in [0, 0.1) is 0 Å². The fourth-order valence-corrected chi connectivity index (χ4v) is 6.30. The first-order valence-electron chi connectivity index (χ1n) is 10.0. The first-order chi connectivity index (χ1) is 14.1. The molecule has 1 saturated heterocycles. The van der Waals surface area contributed by atoms with E-state index in [1.807, 2.05) is 12.1 Å². The number of aryl methyl sites for hydroxylation is 1. The molecule has 0 saturated carbocycles. The van der Waals surface area contributed by atoms with Crippen LogP contribution in [0.3, 0.4) is 0 Å². The van der Waals surface area contributed by atoms with E-state index in [1.165, 1.54) is 17.5 Å². The third kappa shape index (κ3) is 3.16. The Morgan fingerprint density at radius 3 is 2.24 bits per heavy atom. The number of hydrogen-bond donors (Lipinski definition) is 0. The molecule has 1 fully saturated rings. The smallest absolute Gasteiger partial charge is 0.243 e. The number of aromatic nitrogens is 2. The largest absolute Gasteiger partial charge is 0.244 e. The van der Waals surface area contributed by atoms with Gasteiger partial charge in [0.2, 0.25) is 10.0 Å². The maximum absolute atomic E-state index is 13.2. The first-order valence-corrected chi connectivity index (χ1v) is 11.5. The molecule has 0 amide bonds. The summed E-state index contributed by atoms with van der Waals surface area (Å²) in [5.41, 5.74) is 4.80. The second kappa shape index (κ2) is 7.04. The van der Waals surface area contributed by atoms with Crippen LogP contribution in [0.1, 0.15) is 30.4 Å². The second-order valence-electron chi connectivity index (χ2n) is 7.99. The zero-order chi connectivity index (χ0) is 19.9. The average Bonchev–Trinajstić information content (AvgIpc) is 3.13. The molecular formula is C23H23N3O2S. The highest BCUT2D eigenvalue weighted by molar-refractivity contribution is 7.89. The van der Waals surface area contributed by atoms with E-state index >= 15 is 0 Å². The van der Waals surface area contributed by atoms with Crippen LogP contribution in [0.5, 0.6) is 0 Å². The number of rotatable bonds is 3. The summed E-state index contributed by atoms with van der Waals surface area (Å²) < 4.78 is 28.0. The lowest BCUT2D eigenvalue weighted by Gasteiger charge is -2.39. The van der Waals surface area contributed by atoms with E-state index in [0.29, 0.717) is 18.0 Å². The minimum atomic E-state index is -3.48. The summed E-state index contributed by atoms with van der Waals surface area (Å²) in [5, 5.41) is 0. The molecule has 29 heavy (non-hydrogen) atoms. The van der Waals surface area contributed by atoms with Gasteiger partial charge in [0.15, 0.2) is 0 Å². The van der Waals surface area contributed by atoms with Crippen LogP contribution < -0.4 is 0 Å².